The van der Waals surface area contributed by atoms with Gasteiger partial charge >= 0.3 is 5.97 Å². The highest BCUT2D eigenvalue weighted by atomic mass is 16.4. The van der Waals surface area contributed by atoms with E-state index >= 15 is 0 Å². The minimum absolute atomic E-state index is 0.0141. The van der Waals surface area contributed by atoms with E-state index < -0.39 is 23.9 Å². The van der Waals surface area contributed by atoms with Crippen molar-refractivity contribution in [1.29, 1.82) is 0 Å². The molecule has 17 heavy (non-hydrogen) atoms. The smallest absolute Gasteiger partial charge is 0.307 e. The summed E-state index contributed by atoms with van der Waals surface area (Å²) in [6.45, 7) is 1.75. The number of carbonyl (C=O) groups excluding carboxylic acids is 1. The Hall–Kier alpha value is -1.36. The van der Waals surface area contributed by atoms with E-state index in [0.29, 0.717) is 0 Å². The van der Waals surface area contributed by atoms with Crippen LogP contribution in [0.4, 0.5) is 0 Å². The number of aliphatic hydroxyl groups excluding tert-OH is 1. The van der Waals surface area contributed by atoms with E-state index in [0.717, 1.165) is 6.42 Å². The molecule has 94 valence electrons. The van der Waals surface area contributed by atoms with Crippen LogP contribution < -0.4 is 5.32 Å². The number of carboxylic acid groups (broad SMARTS) is 1. The fourth-order valence-electron chi connectivity index (χ4n) is 2.88. The molecular formula is C12H17NO4. The Morgan fingerprint density at radius 3 is 2.47 bits per heavy atom. The number of fused-ring (bicyclic) bond motifs is 2. The van der Waals surface area contributed by atoms with Crippen molar-refractivity contribution in [3.63, 3.8) is 0 Å². The SMILES string of the molecule is C[C@@H](O)CNC(=O)[C@H]1C2C=CC(C2)[C@H]1C(=O)O. The number of amides is 1. The van der Waals surface area contributed by atoms with Gasteiger partial charge < -0.3 is 15.5 Å². The molecule has 0 aromatic heterocycles. The maximum atomic E-state index is 11.9. The average molecular weight is 239 g/mol. The molecule has 5 atom stereocenters. The summed E-state index contributed by atoms with van der Waals surface area (Å²) in [7, 11) is 0. The lowest BCUT2D eigenvalue weighted by atomic mass is 9.82. The zero-order chi connectivity index (χ0) is 12.6. The summed E-state index contributed by atoms with van der Waals surface area (Å²) in [5, 5.41) is 20.9. The lowest BCUT2D eigenvalue weighted by Gasteiger charge is -2.24. The van der Waals surface area contributed by atoms with Gasteiger partial charge in [-0.05, 0) is 25.2 Å². The molecule has 0 saturated heterocycles. The molecule has 2 bridgehead atoms. The van der Waals surface area contributed by atoms with Gasteiger partial charge in [0.15, 0.2) is 0 Å². The number of nitrogens with one attached hydrogen (secondary N) is 1. The first-order valence-electron chi connectivity index (χ1n) is 5.87. The van der Waals surface area contributed by atoms with Crippen molar-refractivity contribution in [3.8, 4) is 0 Å². The Morgan fingerprint density at radius 2 is 1.94 bits per heavy atom. The highest BCUT2D eigenvalue weighted by Crippen LogP contribution is 2.48. The third-order valence-corrected chi connectivity index (χ3v) is 3.62. The van der Waals surface area contributed by atoms with Gasteiger partial charge in [-0.1, -0.05) is 12.2 Å². The third kappa shape index (κ3) is 2.20. The Kier molecular flexibility index (Phi) is 3.19. The highest BCUT2D eigenvalue weighted by Gasteiger charge is 2.51. The summed E-state index contributed by atoms with van der Waals surface area (Å²) in [5.41, 5.74) is 0. The molecule has 0 spiro atoms. The second-order valence-electron chi connectivity index (χ2n) is 4.93. The maximum Gasteiger partial charge on any atom is 0.307 e. The number of carboxylic acids is 1. The van der Waals surface area contributed by atoms with Crippen LogP contribution in [0, 0.1) is 23.7 Å². The molecule has 2 aliphatic carbocycles. The molecule has 5 heteroatoms. The topological polar surface area (TPSA) is 86.6 Å². The molecule has 1 fully saturated rings. The van der Waals surface area contributed by atoms with E-state index in [-0.39, 0.29) is 24.3 Å². The second-order valence-corrected chi connectivity index (χ2v) is 4.93. The largest absolute Gasteiger partial charge is 0.481 e. The number of aliphatic carboxylic acids is 1. The summed E-state index contributed by atoms with van der Waals surface area (Å²) in [4.78, 5) is 23.1. The molecule has 2 unspecified atom stereocenters. The van der Waals surface area contributed by atoms with Crippen molar-refractivity contribution in [2.24, 2.45) is 23.7 Å². The summed E-state index contributed by atoms with van der Waals surface area (Å²) in [6, 6.07) is 0. The predicted octanol–water partition coefficient (Wildman–Crippen LogP) is 0.00630. The number of carbonyl (C=O) groups is 2. The molecule has 0 aliphatic heterocycles. The highest BCUT2D eigenvalue weighted by molar-refractivity contribution is 5.86. The molecule has 0 aromatic carbocycles. The standard InChI is InChI=1S/C12H17NO4/c1-6(14)5-13-11(15)9-7-2-3-8(4-7)10(9)12(16)17/h2-3,6-10,14H,4-5H2,1H3,(H,13,15)(H,16,17)/t6-,7?,8?,9+,10-/m1/s1. The summed E-state index contributed by atoms with van der Waals surface area (Å²) in [6.07, 6.45) is 3.99. The monoisotopic (exact) mass is 239 g/mol. The van der Waals surface area contributed by atoms with Crippen LogP contribution in [0.15, 0.2) is 12.2 Å². The van der Waals surface area contributed by atoms with Crippen LogP contribution in [0.5, 0.6) is 0 Å². The second kappa shape index (κ2) is 4.49. The van der Waals surface area contributed by atoms with Gasteiger partial charge in [-0.25, -0.2) is 0 Å². The summed E-state index contributed by atoms with van der Waals surface area (Å²) >= 11 is 0. The van der Waals surface area contributed by atoms with Gasteiger partial charge in [0.25, 0.3) is 0 Å². The van der Waals surface area contributed by atoms with Crippen LogP contribution in [-0.4, -0.2) is 34.7 Å². The van der Waals surface area contributed by atoms with Gasteiger partial charge in [0.2, 0.25) is 5.91 Å². The van der Waals surface area contributed by atoms with E-state index in [9.17, 15) is 9.59 Å². The first-order valence-corrected chi connectivity index (χ1v) is 5.87. The van der Waals surface area contributed by atoms with Crippen molar-refractivity contribution >= 4 is 11.9 Å². The zero-order valence-corrected chi connectivity index (χ0v) is 9.67. The van der Waals surface area contributed by atoms with Gasteiger partial charge in [-0.2, -0.15) is 0 Å². The Bertz CT molecular complexity index is 364. The van der Waals surface area contributed by atoms with Crippen LogP contribution in [-0.2, 0) is 9.59 Å². The number of allylic oxidation sites excluding steroid dienone is 2. The lowest BCUT2D eigenvalue weighted by molar-refractivity contribution is -0.147. The zero-order valence-electron chi connectivity index (χ0n) is 9.67. The van der Waals surface area contributed by atoms with Crippen molar-refractivity contribution in [1.82, 2.24) is 5.32 Å². The minimum Gasteiger partial charge on any atom is -0.481 e. The van der Waals surface area contributed by atoms with Crippen LogP contribution in [0.25, 0.3) is 0 Å². The van der Waals surface area contributed by atoms with Gasteiger partial charge in [-0.3, -0.25) is 9.59 Å². The van der Waals surface area contributed by atoms with Crippen LogP contribution in [0.2, 0.25) is 0 Å². The normalized spacial score (nSPS) is 35.9. The average Bonchev–Trinajstić information content (AvgIpc) is 2.84. The van der Waals surface area contributed by atoms with E-state index in [1.54, 1.807) is 6.92 Å². The fourth-order valence-corrected chi connectivity index (χ4v) is 2.88. The van der Waals surface area contributed by atoms with Crippen LogP contribution in [0.1, 0.15) is 13.3 Å². The summed E-state index contributed by atoms with van der Waals surface area (Å²) < 4.78 is 0. The Balaban J connectivity index is 2.06. The minimum atomic E-state index is -0.904. The molecule has 3 N–H and O–H groups in total. The first-order chi connectivity index (χ1) is 8.00. The molecular weight excluding hydrogens is 222 g/mol. The van der Waals surface area contributed by atoms with Crippen molar-refractivity contribution in [3.05, 3.63) is 12.2 Å². The van der Waals surface area contributed by atoms with Gasteiger partial charge in [0.1, 0.15) is 0 Å². The Labute approximate surface area is 99.5 Å². The lowest BCUT2D eigenvalue weighted by Crippen LogP contribution is -2.42. The predicted molar refractivity (Wildman–Crippen MR) is 60.0 cm³/mol. The Morgan fingerprint density at radius 1 is 1.35 bits per heavy atom. The molecule has 0 radical (unpaired) electrons. The first kappa shape index (κ1) is 12.1. The van der Waals surface area contributed by atoms with Gasteiger partial charge in [0.05, 0.1) is 17.9 Å². The quantitative estimate of drug-likeness (QED) is 0.603. The van der Waals surface area contributed by atoms with Crippen molar-refractivity contribution in [2.45, 2.75) is 19.4 Å². The molecule has 2 rings (SSSR count). The molecule has 1 amide bonds. The number of rotatable bonds is 4. The number of hydrogen-bond donors (Lipinski definition) is 3. The molecule has 2 aliphatic rings. The van der Waals surface area contributed by atoms with Gasteiger partial charge in [-0.15, -0.1) is 0 Å². The van der Waals surface area contributed by atoms with E-state index in [4.69, 9.17) is 10.2 Å². The van der Waals surface area contributed by atoms with E-state index in [1.807, 2.05) is 12.2 Å². The van der Waals surface area contributed by atoms with Crippen molar-refractivity contribution in [2.75, 3.05) is 6.54 Å². The molecule has 5 nitrogen and oxygen atoms in total. The molecule has 0 aromatic rings. The number of hydrogen-bond acceptors (Lipinski definition) is 3. The van der Waals surface area contributed by atoms with Crippen molar-refractivity contribution < 1.29 is 19.8 Å². The third-order valence-electron chi connectivity index (χ3n) is 3.62. The maximum absolute atomic E-state index is 11.9. The van der Waals surface area contributed by atoms with Crippen LogP contribution >= 0.6 is 0 Å². The molecule has 1 saturated carbocycles. The van der Waals surface area contributed by atoms with E-state index in [2.05, 4.69) is 5.32 Å². The number of aliphatic hydroxyl groups is 1. The fraction of sp³-hybridized carbons (Fsp3) is 0.667. The molecule has 0 heterocycles. The van der Waals surface area contributed by atoms with E-state index in [1.165, 1.54) is 0 Å². The van der Waals surface area contributed by atoms with Crippen LogP contribution in [0.3, 0.4) is 0 Å². The summed E-state index contributed by atoms with van der Waals surface area (Å²) in [5.74, 6) is -2.23. The van der Waals surface area contributed by atoms with Gasteiger partial charge in [0, 0.05) is 6.54 Å².